The van der Waals surface area contributed by atoms with Gasteiger partial charge in [0.2, 0.25) is 5.91 Å². The Labute approximate surface area is 211 Å². The van der Waals surface area contributed by atoms with Crippen molar-refractivity contribution in [2.45, 2.75) is 39.8 Å². The van der Waals surface area contributed by atoms with Gasteiger partial charge in [-0.05, 0) is 48.2 Å². The van der Waals surface area contributed by atoms with Crippen LogP contribution < -0.4 is 9.47 Å². The molecule has 0 radical (unpaired) electrons. The fourth-order valence-electron chi connectivity index (χ4n) is 5.11. The second-order valence-corrected chi connectivity index (χ2v) is 10.4. The lowest BCUT2D eigenvalue weighted by Crippen LogP contribution is -2.39. The van der Waals surface area contributed by atoms with Crippen LogP contribution in [0.2, 0.25) is 5.02 Å². The van der Waals surface area contributed by atoms with Crippen LogP contribution in [0.15, 0.2) is 36.5 Å². The molecule has 0 bridgehead atoms. The van der Waals surface area contributed by atoms with E-state index >= 15 is 0 Å². The maximum absolute atomic E-state index is 13.7. The number of halogens is 1. The topological polar surface area (TPSA) is 70.7 Å². The van der Waals surface area contributed by atoms with Crippen LogP contribution in [0.4, 0.5) is 0 Å². The van der Waals surface area contributed by atoms with Gasteiger partial charge in [-0.3, -0.25) is 14.8 Å². The number of hydrogen-bond acceptors (Lipinski definition) is 5. The number of benzene rings is 2. The molecule has 3 aromatic rings. The molecule has 5 rings (SSSR count). The van der Waals surface area contributed by atoms with Crippen molar-refractivity contribution in [2.24, 2.45) is 11.8 Å². The fourth-order valence-corrected chi connectivity index (χ4v) is 5.40. The van der Waals surface area contributed by atoms with Crippen LogP contribution in [-0.4, -0.2) is 58.8 Å². The van der Waals surface area contributed by atoms with E-state index in [0.29, 0.717) is 48.7 Å². The average molecular weight is 497 g/mol. The zero-order valence-corrected chi connectivity index (χ0v) is 21.2. The quantitative estimate of drug-likeness (QED) is 0.504. The summed E-state index contributed by atoms with van der Waals surface area (Å²) in [5.41, 5.74) is 3.26. The number of carbonyl (C=O) groups excluding carboxylic acids is 1. The van der Waals surface area contributed by atoms with Crippen LogP contribution in [0.1, 0.15) is 37.8 Å². The largest absolute Gasteiger partial charge is 0.489 e. The van der Waals surface area contributed by atoms with Gasteiger partial charge in [0, 0.05) is 38.0 Å². The van der Waals surface area contributed by atoms with E-state index in [1.807, 2.05) is 29.3 Å². The summed E-state index contributed by atoms with van der Waals surface area (Å²) in [4.78, 5) is 18.0. The number of aromatic nitrogens is 2. The molecule has 1 amide bonds. The molecule has 1 N–H and O–H groups in total. The standard InChI is InChI=1S/C27H33ClN4O3/c1-18(2)14-32(15-19-11-23(28)26-25(12-19)34-9-4-10-35-26)27(33)21-7-8-31(17-21)16-20-5-3-6-24-22(20)13-29-30-24/h3,5-6,11-13,18,21H,4,7-10,14-17H2,1-2H3,(H,29,30)/t21-/m1/s1. The minimum atomic E-state index is -0.00631. The maximum Gasteiger partial charge on any atom is 0.227 e. The molecule has 0 unspecified atom stereocenters. The summed E-state index contributed by atoms with van der Waals surface area (Å²) in [7, 11) is 0. The predicted octanol–water partition coefficient (Wildman–Crippen LogP) is 4.88. The van der Waals surface area contributed by atoms with Crippen molar-refractivity contribution in [3.05, 3.63) is 52.7 Å². The summed E-state index contributed by atoms with van der Waals surface area (Å²) in [6.07, 6.45) is 3.58. The highest BCUT2D eigenvalue weighted by atomic mass is 35.5. The van der Waals surface area contributed by atoms with Gasteiger partial charge in [-0.1, -0.05) is 37.6 Å². The zero-order valence-electron chi connectivity index (χ0n) is 20.4. The Hall–Kier alpha value is -2.77. The Morgan fingerprint density at radius 2 is 2.14 bits per heavy atom. The van der Waals surface area contributed by atoms with Gasteiger partial charge in [-0.2, -0.15) is 5.10 Å². The molecule has 0 saturated carbocycles. The highest BCUT2D eigenvalue weighted by Gasteiger charge is 2.32. The number of carbonyl (C=O) groups is 1. The molecule has 2 aliphatic rings. The molecule has 1 fully saturated rings. The summed E-state index contributed by atoms with van der Waals surface area (Å²) in [5, 5.41) is 8.90. The number of amides is 1. The molecule has 2 aromatic carbocycles. The van der Waals surface area contributed by atoms with Crippen LogP contribution in [0.25, 0.3) is 10.9 Å². The van der Waals surface area contributed by atoms with Gasteiger partial charge in [0.05, 0.1) is 35.9 Å². The van der Waals surface area contributed by atoms with E-state index in [-0.39, 0.29) is 11.8 Å². The first-order chi connectivity index (χ1) is 17.0. The maximum atomic E-state index is 13.7. The highest BCUT2D eigenvalue weighted by Crippen LogP contribution is 2.38. The van der Waals surface area contributed by atoms with Crippen LogP contribution in [0.3, 0.4) is 0 Å². The van der Waals surface area contributed by atoms with Crippen molar-refractivity contribution in [3.63, 3.8) is 0 Å². The minimum absolute atomic E-state index is 0.00631. The van der Waals surface area contributed by atoms with Crippen molar-refractivity contribution >= 4 is 28.4 Å². The van der Waals surface area contributed by atoms with Gasteiger partial charge in [0.1, 0.15) is 0 Å². The summed E-state index contributed by atoms with van der Waals surface area (Å²) in [6.45, 7) is 9.21. The van der Waals surface area contributed by atoms with Gasteiger partial charge in [-0.15, -0.1) is 0 Å². The summed E-state index contributed by atoms with van der Waals surface area (Å²) in [5.74, 6) is 1.85. The van der Waals surface area contributed by atoms with Crippen molar-refractivity contribution < 1.29 is 14.3 Å². The van der Waals surface area contributed by atoms with Gasteiger partial charge in [0.15, 0.2) is 11.5 Å². The van der Waals surface area contributed by atoms with Crippen molar-refractivity contribution in [3.8, 4) is 11.5 Å². The Morgan fingerprint density at radius 1 is 1.29 bits per heavy atom. The SMILES string of the molecule is CC(C)CN(Cc1cc(Cl)c2c(c1)OCCCO2)C(=O)[C@@H]1CCN(Cc2cccc3[nH]ncc23)C1. The minimum Gasteiger partial charge on any atom is -0.489 e. The van der Waals surface area contributed by atoms with Crippen molar-refractivity contribution in [2.75, 3.05) is 32.8 Å². The fraction of sp³-hybridized carbons (Fsp3) is 0.481. The summed E-state index contributed by atoms with van der Waals surface area (Å²) >= 11 is 6.52. The highest BCUT2D eigenvalue weighted by molar-refractivity contribution is 6.32. The molecule has 1 aromatic heterocycles. The van der Waals surface area contributed by atoms with Crippen molar-refractivity contribution in [1.82, 2.24) is 20.0 Å². The number of ether oxygens (including phenoxy) is 2. The van der Waals surface area contributed by atoms with Gasteiger partial charge in [0.25, 0.3) is 0 Å². The Morgan fingerprint density at radius 3 is 3.00 bits per heavy atom. The van der Waals surface area contributed by atoms with E-state index in [4.69, 9.17) is 21.1 Å². The Bertz CT molecular complexity index is 1190. The molecular weight excluding hydrogens is 464 g/mol. The van der Waals surface area contributed by atoms with E-state index in [2.05, 4.69) is 41.1 Å². The second-order valence-electron chi connectivity index (χ2n) is 10.0. The van der Waals surface area contributed by atoms with Crippen molar-refractivity contribution in [1.29, 1.82) is 0 Å². The van der Waals surface area contributed by atoms with Crippen LogP contribution in [-0.2, 0) is 17.9 Å². The molecule has 7 nitrogen and oxygen atoms in total. The smallest absolute Gasteiger partial charge is 0.227 e. The second kappa shape index (κ2) is 10.5. The van der Waals surface area contributed by atoms with E-state index in [1.165, 1.54) is 5.56 Å². The van der Waals surface area contributed by atoms with E-state index < -0.39 is 0 Å². The Balaban J connectivity index is 1.28. The molecule has 3 heterocycles. The molecule has 186 valence electrons. The molecule has 1 atom stereocenters. The summed E-state index contributed by atoms with van der Waals surface area (Å²) in [6, 6.07) is 10.1. The van der Waals surface area contributed by atoms with Crippen LogP contribution in [0.5, 0.6) is 11.5 Å². The molecule has 1 saturated heterocycles. The third-order valence-corrected chi connectivity index (χ3v) is 7.00. The van der Waals surface area contributed by atoms with Crippen LogP contribution >= 0.6 is 11.6 Å². The summed E-state index contributed by atoms with van der Waals surface area (Å²) < 4.78 is 11.6. The number of nitrogens with one attached hydrogen (secondary N) is 1. The number of fused-ring (bicyclic) bond motifs is 2. The van der Waals surface area contributed by atoms with Crippen LogP contribution in [0, 0.1) is 11.8 Å². The molecule has 35 heavy (non-hydrogen) atoms. The average Bonchev–Trinajstić information content (AvgIpc) is 3.43. The molecule has 2 aliphatic heterocycles. The first kappa shape index (κ1) is 23.9. The molecular formula is C27H33ClN4O3. The number of H-pyrrole nitrogens is 1. The lowest BCUT2D eigenvalue weighted by Gasteiger charge is -2.28. The normalized spacial score (nSPS) is 18.2. The first-order valence-electron chi connectivity index (χ1n) is 12.5. The van der Waals surface area contributed by atoms with Gasteiger partial charge in [-0.25, -0.2) is 0 Å². The number of rotatable bonds is 7. The third-order valence-electron chi connectivity index (χ3n) is 6.72. The molecule has 0 aliphatic carbocycles. The number of likely N-dealkylation sites (tertiary alicyclic amines) is 1. The predicted molar refractivity (Wildman–Crippen MR) is 137 cm³/mol. The number of aromatic amines is 1. The lowest BCUT2D eigenvalue weighted by molar-refractivity contribution is -0.136. The molecule has 8 heteroatoms. The zero-order chi connectivity index (χ0) is 24.4. The number of hydrogen-bond donors (Lipinski definition) is 1. The van der Waals surface area contributed by atoms with E-state index in [1.54, 1.807) is 0 Å². The third kappa shape index (κ3) is 5.41. The first-order valence-corrected chi connectivity index (χ1v) is 12.9. The van der Waals surface area contributed by atoms with Gasteiger partial charge >= 0.3 is 0 Å². The molecule has 0 spiro atoms. The van der Waals surface area contributed by atoms with E-state index in [0.717, 1.165) is 48.9 Å². The number of nitrogens with zero attached hydrogens (tertiary/aromatic N) is 3. The lowest BCUT2D eigenvalue weighted by atomic mass is 10.0. The van der Waals surface area contributed by atoms with Gasteiger partial charge < -0.3 is 14.4 Å². The monoisotopic (exact) mass is 496 g/mol. The van der Waals surface area contributed by atoms with E-state index in [9.17, 15) is 4.79 Å². The Kier molecular flexibility index (Phi) is 7.16.